The Morgan fingerprint density at radius 1 is 1.40 bits per heavy atom. The molecule has 0 radical (unpaired) electrons. The molecule has 0 fully saturated rings. The summed E-state index contributed by atoms with van der Waals surface area (Å²) in [4.78, 5) is 11.6. The maximum Gasteiger partial charge on any atom is 0.306 e. The molecule has 0 aromatic rings. The van der Waals surface area contributed by atoms with Gasteiger partial charge in [0.05, 0.1) is 12.5 Å². The number of carbonyl (C=O) groups is 1. The van der Waals surface area contributed by atoms with Crippen LogP contribution in [0.3, 0.4) is 0 Å². The lowest BCUT2D eigenvalue weighted by atomic mass is 9.67. The summed E-state index contributed by atoms with van der Waals surface area (Å²) in [6.45, 7) is 10.3. The van der Waals surface area contributed by atoms with Crippen LogP contribution in [-0.2, 0) is 9.53 Å². The Hall–Kier alpha value is -0.790. The van der Waals surface area contributed by atoms with Crippen LogP contribution in [0.4, 0.5) is 0 Å². The summed E-state index contributed by atoms with van der Waals surface area (Å²) in [5.41, 5.74) is 0.0992. The fraction of sp³-hybridized carbons (Fsp3) is 0.769. The van der Waals surface area contributed by atoms with Crippen LogP contribution in [0.15, 0.2) is 12.2 Å². The molecule has 15 heavy (non-hydrogen) atoms. The molecule has 0 aromatic carbocycles. The van der Waals surface area contributed by atoms with Crippen LogP contribution in [0.2, 0.25) is 0 Å². The second kappa shape index (κ2) is 3.99. The van der Waals surface area contributed by atoms with Gasteiger partial charge in [0.25, 0.3) is 0 Å². The molecule has 0 saturated carbocycles. The second-order valence-electron chi connectivity index (χ2n) is 5.62. The van der Waals surface area contributed by atoms with Crippen molar-refractivity contribution >= 4 is 5.97 Å². The van der Waals surface area contributed by atoms with Gasteiger partial charge < -0.3 is 4.74 Å². The summed E-state index contributed by atoms with van der Waals surface area (Å²) in [6, 6.07) is 0. The van der Waals surface area contributed by atoms with E-state index in [1.165, 1.54) is 0 Å². The predicted molar refractivity (Wildman–Crippen MR) is 61.5 cm³/mol. The molecule has 0 aliphatic heterocycles. The molecular formula is C13H22O2. The predicted octanol–water partition coefficient (Wildman–Crippen LogP) is 3.32. The average Bonchev–Trinajstić information content (AvgIpc) is 2.23. The number of ether oxygens (including phenoxy) is 1. The van der Waals surface area contributed by atoms with E-state index in [4.69, 9.17) is 4.74 Å². The van der Waals surface area contributed by atoms with Gasteiger partial charge in [0, 0.05) is 5.41 Å². The molecule has 0 saturated heterocycles. The summed E-state index contributed by atoms with van der Waals surface area (Å²) in [5, 5.41) is 0. The third-order valence-corrected chi connectivity index (χ3v) is 3.54. The lowest BCUT2D eigenvalue weighted by Gasteiger charge is -2.37. The zero-order valence-corrected chi connectivity index (χ0v) is 10.5. The molecule has 2 heteroatoms. The van der Waals surface area contributed by atoms with E-state index in [1.807, 2.05) is 13.8 Å². The molecule has 0 amide bonds. The molecular weight excluding hydrogens is 188 g/mol. The van der Waals surface area contributed by atoms with Crippen molar-refractivity contribution < 1.29 is 9.53 Å². The monoisotopic (exact) mass is 210 g/mol. The van der Waals surface area contributed by atoms with Crippen LogP contribution in [0.5, 0.6) is 0 Å². The lowest BCUT2D eigenvalue weighted by molar-refractivity contribution is -0.150. The minimum atomic E-state index is -0.0906. The van der Waals surface area contributed by atoms with E-state index in [-0.39, 0.29) is 22.9 Å². The SMILES string of the molecule is CC(C)OC(=O)CC1(C)C=CCC1(C)C. The normalized spacial score (nSPS) is 28.4. The molecule has 1 aliphatic carbocycles. The number of carbonyl (C=O) groups excluding carboxylic acids is 1. The first-order chi connectivity index (χ1) is 6.77. The molecule has 0 heterocycles. The van der Waals surface area contributed by atoms with Crippen molar-refractivity contribution in [2.75, 3.05) is 0 Å². The smallest absolute Gasteiger partial charge is 0.306 e. The number of hydrogen-bond donors (Lipinski definition) is 0. The molecule has 1 unspecified atom stereocenters. The van der Waals surface area contributed by atoms with Crippen LogP contribution < -0.4 is 0 Å². The molecule has 0 aromatic heterocycles. The Bertz CT molecular complexity index is 276. The van der Waals surface area contributed by atoms with Gasteiger partial charge >= 0.3 is 5.97 Å². The minimum absolute atomic E-state index is 0.0189. The summed E-state index contributed by atoms with van der Waals surface area (Å²) < 4.78 is 5.20. The van der Waals surface area contributed by atoms with E-state index < -0.39 is 0 Å². The highest BCUT2D eigenvalue weighted by Crippen LogP contribution is 2.50. The summed E-state index contributed by atoms with van der Waals surface area (Å²) in [5.74, 6) is -0.0906. The topological polar surface area (TPSA) is 26.3 Å². The number of allylic oxidation sites excluding steroid dienone is 2. The molecule has 86 valence electrons. The van der Waals surface area contributed by atoms with Gasteiger partial charge in [0.15, 0.2) is 0 Å². The number of hydrogen-bond acceptors (Lipinski definition) is 2. The lowest BCUT2D eigenvalue weighted by Crippen LogP contribution is -2.33. The molecule has 0 bridgehead atoms. The third kappa shape index (κ3) is 2.61. The van der Waals surface area contributed by atoms with Crippen molar-refractivity contribution in [3.05, 3.63) is 12.2 Å². The zero-order chi connectivity index (χ0) is 11.7. The summed E-state index contributed by atoms with van der Waals surface area (Å²) in [7, 11) is 0. The maximum absolute atomic E-state index is 11.6. The van der Waals surface area contributed by atoms with Crippen molar-refractivity contribution in [1.82, 2.24) is 0 Å². The van der Waals surface area contributed by atoms with Crippen molar-refractivity contribution in [2.45, 2.75) is 53.6 Å². The molecule has 2 nitrogen and oxygen atoms in total. The van der Waals surface area contributed by atoms with Gasteiger partial charge in [0.2, 0.25) is 0 Å². The van der Waals surface area contributed by atoms with Crippen molar-refractivity contribution in [2.24, 2.45) is 10.8 Å². The maximum atomic E-state index is 11.6. The molecule has 1 aliphatic rings. The first kappa shape index (κ1) is 12.3. The Balaban J connectivity index is 2.64. The highest BCUT2D eigenvalue weighted by atomic mass is 16.5. The number of rotatable bonds is 3. The fourth-order valence-electron chi connectivity index (χ4n) is 1.98. The van der Waals surface area contributed by atoms with Gasteiger partial charge in [-0.15, -0.1) is 0 Å². The van der Waals surface area contributed by atoms with Crippen molar-refractivity contribution in [3.8, 4) is 0 Å². The van der Waals surface area contributed by atoms with Crippen LogP contribution in [0, 0.1) is 10.8 Å². The second-order valence-corrected chi connectivity index (χ2v) is 5.62. The van der Waals surface area contributed by atoms with Gasteiger partial charge in [-0.25, -0.2) is 0 Å². The Labute approximate surface area is 92.7 Å². The van der Waals surface area contributed by atoms with Crippen LogP contribution >= 0.6 is 0 Å². The highest BCUT2D eigenvalue weighted by Gasteiger charge is 2.43. The first-order valence-corrected chi connectivity index (χ1v) is 5.64. The zero-order valence-electron chi connectivity index (χ0n) is 10.5. The van der Waals surface area contributed by atoms with Crippen molar-refractivity contribution in [3.63, 3.8) is 0 Å². The van der Waals surface area contributed by atoms with E-state index in [9.17, 15) is 4.79 Å². The molecule has 0 N–H and O–H groups in total. The van der Waals surface area contributed by atoms with Crippen LogP contribution in [0.1, 0.15) is 47.5 Å². The van der Waals surface area contributed by atoms with E-state index in [1.54, 1.807) is 0 Å². The van der Waals surface area contributed by atoms with E-state index >= 15 is 0 Å². The molecule has 0 spiro atoms. The average molecular weight is 210 g/mol. The van der Waals surface area contributed by atoms with Gasteiger partial charge in [0.1, 0.15) is 0 Å². The first-order valence-electron chi connectivity index (χ1n) is 5.64. The Morgan fingerprint density at radius 3 is 2.40 bits per heavy atom. The minimum Gasteiger partial charge on any atom is -0.463 e. The molecule has 1 rings (SSSR count). The largest absolute Gasteiger partial charge is 0.463 e. The van der Waals surface area contributed by atoms with Crippen LogP contribution in [-0.4, -0.2) is 12.1 Å². The fourth-order valence-corrected chi connectivity index (χ4v) is 1.98. The van der Waals surface area contributed by atoms with Gasteiger partial charge in [-0.1, -0.05) is 32.9 Å². The van der Waals surface area contributed by atoms with Gasteiger partial charge in [-0.3, -0.25) is 4.79 Å². The van der Waals surface area contributed by atoms with E-state index in [2.05, 4.69) is 32.9 Å². The third-order valence-electron chi connectivity index (χ3n) is 3.54. The Morgan fingerprint density at radius 2 is 2.00 bits per heavy atom. The van der Waals surface area contributed by atoms with Gasteiger partial charge in [-0.2, -0.15) is 0 Å². The summed E-state index contributed by atoms with van der Waals surface area (Å²) >= 11 is 0. The van der Waals surface area contributed by atoms with E-state index in [0.29, 0.717) is 6.42 Å². The number of esters is 1. The standard InChI is InChI=1S/C13H22O2/c1-10(2)15-11(14)9-13(5)8-6-7-12(13,3)4/h6,8,10H,7,9H2,1-5H3. The van der Waals surface area contributed by atoms with Gasteiger partial charge in [-0.05, 0) is 25.7 Å². The van der Waals surface area contributed by atoms with Crippen LogP contribution in [0.25, 0.3) is 0 Å². The highest BCUT2D eigenvalue weighted by molar-refractivity contribution is 5.71. The van der Waals surface area contributed by atoms with Crippen molar-refractivity contribution in [1.29, 1.82) is 0 Å². The van der Waals surface area contributed by atoms with E-state index in [0.717, 1.165) is 6.42 Å². The Kier molecular flexibility index (Phi) is 3.27. The quantitative estimate of drug-likeness (QED) is 0.527. The molecule has 1 atom stereocenters. The summed E-state index contributed by atoms with van der Waals surface area (Å²) in [6.07, 6.45) is 5.83.